The molecule has 5 rings (SSSR count). The molecule has 0 unspecified atom stereocenters. The van der Waals surface area contributed by atoms with E-state index in [-0.39, 0.29) is 0 Å². The third-order valence-electron chi connectivity index (χ3n) is 4.84. The molecule has 0 saturated heterocycles. The molecule has 0 fully saturated rings. The summed E-state index contributed by atoms with van der Waals surface area (Å²) in [5, 5.41) is 2.50. The van der Waals surface area contributed by atoms with Crippen molar-refractivity contribution in [3.63, 3.8) is 0 Å². The quantitative estimate of drug-likeness (QED) is 0.267. The van der Waals surface area contributed by atoms with Crippen molar-refractivity contribution in [2.75, 3.05) is 13.4 Å². The molecular formula is C19H15N5O2S. The Labute approximate surface area is 158 Å². The van der Waals surface area contributed by atoms with Crippen LogP contribution < -0.4 is 0 Å². The maximum absolute atomic E-state index is 12.4. The first-order chi connectivity index (χ1) is 13.1. The van der Waals surface area contributed by atoms with Crippen molar-refractivity contribution in [1.29, 1.82) is 0 Å². The van der Waals surface area contributed by atoms with Crippen LogP contribution in [0.4, 0.5) is 0 Å². The van der Waals surface area contributed by atoms with Crippen LogP contribution in [0.15, 0.2) is 41.8 Å². The summed E-state index contributed by atoms with van der Waals surface area (Å²) in [7, 11) is 3.16. The molecule has 0 aliphatic rings. The molecule has 4 heterocycles. The van der Waals surface area contributed by atoms with E-state index in [1.165, 1.54) is 18.9 Å². The van der Waals surface area contributed by atoms with Gasteiger partial charge in [0.1, 0.15) is 23.0 Å². The molecule has 0 saturated carbocycles. The minimum Gasteiger partial charge on any atom is -0.464 e. The normalized spacial score (nSPS) is 11.8. The number of hydrogen-bond acceptors (Lipinski definition) is 6. The smallest absolute Gasteiger partial charge is 0.357 e. The van der Waals surface area contributed by atoms with Crippen LogP contribution in [0.25, 0.3) is 38.5 Å². The van der Waals surface area contributed by atoms with Gasteiger partial charge in [-0.2, -0.15) is 0 Å². The van der Waals surface area contributed by atoms with Gasteiger partial charge in [-0.3, -0.25) is 4.40 Å². The second kappa shape index (κ2) is 5.68. The molecule has 0 amide bonds. The topological polar surface area (TPSA) is 74.3 Å². The van der Waals surface area contributed by atoms with Crippen LogP contribution in [-0.4, -0.2) is 43.3 Å². The summed E-state index contributed by atoms with van der Waals surface area (Å²) in [4.78, 5) is 26.5. The van der Waals surface area contributed by atoms with Gasteiger partial charge >= 0.3 is 5.97 Å². The number of rotatable bonds is 2. The molecular weight excluding hydrogens is 362 g/mol. The molecule has 8 heteroatoms. The predicted octanol–water partition coefficient (Wildman–Crippen LogP) is 3.43. The molecule has 7 nitrogen and oxygen atoms in total. The second-order valence-electron chi connectivity index (χ2n) is 6.21. The number of hydrogen-bond donors (Lipinski definition) is 0. The Hall–Kier alpha value is -3.13. The van der Waals surface area contributed by atoms with E-state index >= 15 is 0 Å². The van der Waals surface area contributed by atoms with Gasteiger partial charge < -0.3 is 9.30 Å². The van der Waals surface area contributed by atoms with Crippen molar-refractivity contribution in [2.45, 2.75) is 5.16 Å². The number of aryl methyl sites for hydroxylation is 1. The predicted molar refractivity (Wildman–Crippen MR) is 105 cm³/mol. The number of nitrogens with zero attached hydrogens (tertiary/aromatic N) is 5. The van der Waals surface area contributed by atoms with E-state index in [1.54, 1.807) is 17.9 Å². The van der Waals surface area contributed by atoms with Gasteiger partial charge in [0.2, 0.25) is 0 Å². The zero-order valence-corrected chi connectivity index (χ0v) is 15.7. The van der Waals surface area contributed by atoms with Gasteiger partial charge in [0.25, 0.3) is 0 Å². The number of aromatic nitrogens is 5. The molecule has 0 atom stereocenters. The highest BCUT2D eigenvalue weighted by Gasteiger charge is 2.24. The summed E-state index contributed by atoms with van der Waals surface area (Å²) in [5.74, 6) is -0.448. The minimum atomic E-state index is -0.448. The van der Waals surface area contributed by atoms with Crippen molar-refractivity contribution >= 4 is 56.2 Å². The fourth-order valence-corrected chi connectivity index (χ4v) is 3.96. The summed E-state index contributed by atoms with van der Waals surface area (Å²) in [5.41, 5.74) is 4.28. The molecule has 0 bridgehead atoms. The molecule has 27 heavy (non-hydrogen) atoms. The minimum absolute atomic E-state index is 0.368. The van der Waals surface area contributed by atoms with Gasteiger partial charge in [-0.05, 0) is 18.4 Å². The number of methoxy groups -OCH3 is 1. The molecule has 5 aromatic rings. The zero-order valence-electron chi connectivity index (χ0n) is 14.9. The lowest BCUT2D eigenvalue weighted by Crippen LogP contribution is -2.08. The summed E-state index contributed by atoms with van der Waals surface area (Å²) in [6.45, 7) is 0. The highest BCUT2D eigenvalue weighted by molar-refractivity contribution is 7.98. The number of ether oxygens (including phenoxy) is 1. The van der Waals surface area contributed by atoms with Gasteiger partial charge in [-0.1, -0.05) is 30.0 Å². The van der Waals surface area contributed by atoms with E-state index in [4.69, 9.17) is 9.72 Å². The second-order valence-corrected chi connectivity index (χ2v) is 6.98. The van der Waals surface area contributed by atoms with Crippen LogP contribution in [-0.2, 0) is 11.8 Å². The Balaban J connectivity index is 2.10. The van der Waals surface area contributed by atoms with Crippen LogP contribution in [0.3, 0.4) is 0 Å². The molecule has 4 aromatic heterocycles. The van der Waals surface area contributed by atoms with Crippen LogP contribution >= 0.6 is 11.8 Å². The van der Waals surface area contributed by atoms with Crippen LogP contribution in [0, 0.1) is 0 Å². The summed E-state index contributed by atoms with van der Waals surface area (Å²) < 4.78 is 8.72. The van der Waals surface area contributed by atoms with Gasteiger partial charge in [-0.25, -0.2) is 19.7 Å². The highest BCUT2D eigenvalue weighted by Crippen LogP contribution is 2.33. The van der Waals surface area contributed by atoms with E-state index in [2.05, 4.69) is 22.1 Å². The molecule has 0 radical (unpaired) electrons. The van der Waals surface area contributed by atoms with E-state index < -0.39 is 5.97 Å². The first kappa shape index (κ1) is 16.1. The van der Waals surface area contributed by atoms with Gasteiger partial charge in [0.05, 0.1) is 23.5 Å². The van der Waals surface area contributed by atoms with Crippen molar-refractivity contribution < 1.29 is 9.53 Å². The summed E-state index contributed by atoms with van der Waals surface area (Å²) >= 11 is 1.46. The molecule has 0 aliphatic heterocycles. The van der Waals surface area contributed by atoms with E-state index in [1.807, 2.05) is 28.9 Å². The lowest BCUT2D eigenvalue weighted by atomic mass is 10.2. The summed E-state index contributed by atoms with van der Waals surface area (Å²) in [6, 6.07) is 10.2. The average molecular weight is 377 g/mol. The Morgan fingerprint density at radius 3 is 2.74 bits per heavy atom. The van der Waals surface area contributed by atoms with Crippen LogP contribution in [0.5, 0.6) is 0 Å². The maximum Gasteiger partial charge on any atom is 0.357 e. The lowest BCUT2D eigenvalue weighted by molar-refractivity contribution is 0.0592. The first-order valence-electron chi connectivity index (χ1n) is 8.31. The van der Waals surface area contributed by atoms with Crippen LogP contribution in [0.2, 0.25) is 0 Å². The molecule has 0 aliphatic carbocycles. The average Bonchev–Trinajstić information content (AvgIpc) is 3.15. The fourth-order valence-electron chi connectivity index (χ4n) is 3.60. The van der Waals surface area contributed by atoms with Crippen molar-refractivity contribution in [3.8, 4) is 0 Å². The van der Waals surface area contributed by atoms with Gasteiger partial charge in [-0.15, -0.1) is 0 Å². The molecule has 0 N–H and O–H groups in total. The Morgan fingerprint density at radius 1 is 1.15 bits per heavy atom. The Kier molecular flexibility index (Phi) is 3.38. The first-order valence-corrected chi connectivity index (χ1v) is 9.53. The maximum atomic E-state index is 12.4. The van der Waals surface area contributed by atoms with Crippen LogP contribution in [0.1, 0.15) is 10.5 Å². The molecule has 0 spiro atoms. The third kappa shape index (κ3) is 2.10. The lowest BCUT2D eigenvalue weighted by Gasteiger charge is -2.03. The number of para-hydroxylation sites is 1. The fraction of sp³-hybridized carbons (Fsp3) is 0.158. The SMILES string of the molecule is COC(=O)c1c2ncn3c4ccccc4cc3c3nc(SC)nc(c23)n1C. The monoisotopic (exact) mass is 377 g/mol. The van der Waals surface area contributed by atoms with Crippen molar-refractivity contribution in [3.05, 3.63) is 42.4 Å². The largest absolute Gasteiger partial charge is 0.464 e. The van der Waals surface area contributed by atoms with Gasteiger partial charge in [0, 0.05) is 12.4 Å². The van der Waals surface area contributed by atoms with Gasteiger partial charge in [0.15, 0.2) is 10.9 Å². The number of esters is 1. The zero-order chi connectivity index (χ0) is 18.7. The standard InChI is InChI=1S/C19H15N5O2S/c1-23-16(18(25)26-2)15-13-14(21-19(27-3)22-17(13)23)12-8-10-6-4-5-7-11(10)24(12)9-20-15/h4-9H,1-3H3. The van der Waals surface area contributed by atoms with E-state index in [9.17, 15) is 4.79 Å². The number of benzene rings is 1. The van der Waals surface area contributed by atoms with Crippen molar-refractivity contribution in [1.82, 2.24) is 23.9 Å². The molecule has 1 aromatic carbocycles. The summed E-state index contributed by atoms with van der Waals surface area (Å²) in [6.07, 6.45) is 3.67. The van der Waals surface area contributed by atoms with E-state index in [0.717, 1.165) is 27.3 Å². The number of fused-ring (bicyclic) bond motifs is 4. The van der Waals surface area contributed by atoms with Crippen molar-refractivity contribution in [2.24, 2.45) is 7.05 Å². The third-order valence-corrected chi connectivity index (χ3v) is 5.39. The number of thioether (sulfide) groups is 1. The highest BCUT2D eigenvalue weighted by atomic mass is 32.2. The Morgan fingerprint density at radius 2 is 1.96 bits per heavy atom. The van der Waals surface area contributed by atoms with E-state index in [0.29, 0.717) is 22.0 Å². The number of carbonyl (C=O) groups excluding carboxylic acids is 1. The Bertz CT molecular complexity index is 1390. The number of carbonyl (C=O) groups is 1. The molecule has 134 valence electrons.